The first-order chi connectivity index (χ1) is 11.7. The van der Waals surface area contributed by atoms with Crippen LogP contribution in [-0.2, 0) is 6.42 Å². The first-order valence-corrected chi connectivity index (χ1v) is 7.82. The van der Waals surface area contributed by atoms with E-state index >= 15 is 0 Å². The summed E-state index contributed by atoms with van der Waals surface area (Å²) < 4.78 is 1.84. The Kier molecular flexibility index (Phi) is 4.65. The second-order valence-corrected chi connectivity index (χ2v) is 5.47. The molecule has 122 valence electrons. The Labute approximate surface area is 140 Å². The lowest BCUT2D eigenvalue weighted by Gasteiger charge is -2.06. The van der Waals surface area contributed by atoms with E-state index in [1.165, 1.54) is 0 Å². The van der Waals surface area contributed by atoms with E-state index in [1.807, 2.05) is 36.7 Å². The van der Waals surface area contributed by atoms with Crippen LogP contribution in [0.5, 0.6) is 0 Å². The molecule has 0 aliphatic rings. The van der Waals surface area contributed by atoms with Crippen LogP contribution in [0.1, 0.15) is 27.4 Å². The summed E-state index contributed by atoms with van der Waals surface area (Å²) in [5, 5.41) is 7.46. The highest BCUT2D eigenvalue weighted by Gasteiger charge is 2.14. The predicted molar refractivity (Wildman–Crippen MR) is 91.1 cm³/mol. The molecule has 1 amide bonds. The van der Waals surface area contributed by atoms with Gasteiger partial charge in [0, 0.05) is 24.6 Å². The van der Waals surface area contributed by atoms with Crippen LogP contribution in [0.3, 0.4) is 0 Å². The van der Waals surface area contributed by atoms with Crippen molar-refractivity contribution in [3.63, 3.8) is 0 Å². The number of nitrogens with zero attached hydrogens (tertiary/aromatic N) is 4. The fourth-order valence-electron chi connectivity index (χ4n) is 2.63. The number of carbonyl (C=O) groups excluding carboxylic acids is 1. The standard InChI is InChI=1S/C18H19N5O/c1-13-15(9-12-21-18(24)16-7-3-5-10-19-16)14(2)23(22-13)17-8-4-6-11-20-17/h3-8,10-11H,9,12H2,1-2H3,(H,21,24). The molecule has 24 heavy (non-hydrogen) atoms. The first-order valence-electron chi connectivity index (χ1n) is 7.82. The van der Waals surface area contributed by atoms with Crippen LogP contribution in [0.15, 0.2) is 48.8 Å². The van der Waals surface area contributed by atoms with Crippen LogP contribution in [0.2, 0.25) is 0 Å². The molecule has 0 saturated heterocycles. The highest BCUT2D eigenvalue weighted by atomic mass is 16.1. The van der Waals surface area contributed by atoms with E-state index in [4.69, 9.17) is 0 Å². The van der Waals surface area contributed by atoms with Gasteiger partial charge in [-0.1, -0.05) is 12.1 Å². The molecule has 3 rings (SSSR count). The van der Waals surface area contributed by atoms with E-state index in [1.54, 1.807) is 30.6 Å². The number of pyridine rings is 2. The molecule has 0 aliphatic carbocycles. The SMILES string of the molecule is Cc1nn(-c2ccccn2)c(C)c1CCNC(=O)c1ccccn1. The van der Waals surface area contributed by atoms with Gasteiger partial charge in [-0.3, -0.25) is 9.78 Å². The predicted octanol–water partition coefficient (Wildman–Crippen LogP) is 2.25. The summed E-state index contributed by atoms with van der Waals surface area (Å²) in [7, 11) is 0. The molecule has 0 atom stereocenters. The fraction of sp³-hybridized carbons (Fsp3) is 0.222. The minimum atomic E-state index is -0.164. The number of hydrogen-bond donors (Lipinski definition) is 1. The average molecular weight is 321 g/mol. The molecule has 0 aliphatic heterocycles. The molecular formula is C18H19N5O. The van der Waals surface area contributed by atoms with Crippen molar-refractivity contribution in [2.75, 3.05) is 6.54 Å². The van der Waals surface area contributed by atoms with E-state index in [0.717, 1.165) is 22.8 Å². The number of aromatic nitrogens is 4. The first kappa shape index (κ1) is 15.9. The molecule has 3 aromatic heterocycles. The third kappa shape index (κ3) is 3.32. The van der Waals surface area contributed by atoms with Gasteiger partial charge in [0.15, 0.2) is 5.82 Å². The van der Waals surface area contributed by atoms with Gasteiger partial charge in [0.2, 0.25) is 0 Å². The molecule has 3 heterocycles. The van der Waals surface area contributed by atoms with Crippen molar-refractivity contribution < 1.29 is 4.79 Å². The Bertz CT molecular complexity index is 827. The monoisotopic (exact) mass is 321 g/mol. The minimum Gasteiger partial charge on any atom is -0.350 e. The Hall–Kier alpha value is -3.02. The molecule has 6 nitrogen and oxygen atoms in total. The molecule has 3 aromatic rings. The zero-order chi connectivity index (χ0) is 16.9. The third-order valence-corrected chi connectivity index (χ3v) is 3.87. The van der Waals surface area contributed by atoms with Crippen molar-refractivity contribution in [3.8, 4) is 5.82 Å². The van der Waals surface area contributed by atoms with E-state index in [2.05, 4.69) is 20.4 Å². The van der Waals surface area contributed by atoms with Gasteiger partial charge in [-0.15, -0.1) is 0 Å². The van der Waals surface area contributed by atoms with Gasteiger partial charge in [-0.25, -0.2) is 9.67 Å². The van der Waals surface area contributed by atoms with Gasteiger partial charge in [-0.05, 0) is 50.1 Å². The normalized spacial score (nSPS) is 10.6. The van der Waals surface area contributed by atoms with Crippen LogP contribution in [-0.4, -0.2) is 32.2 Å². The number of nitrogens with one attached hydrogen (secondary N) is 1. The second-order valence-electron chi connectivity index (χ2n) is 5.47. The van der Waals surface area contributed by atoms with Gasteiger partial charge in [0.1, 0.15) is 5.69 Å². The van der Waals surface area contributed by atoms with Crippen LogP contribution < -0.4 is 5.32 Å². The lowest BCUT2D eigenvalue weighted by Crippen LogP contribution is -2.26. The van der Waals surface area contributed by atoms with Gasteiger partial charge < -0.3 is 5.32 Å². The van der Waals surface area contributed by atoms with Crippen LogP contribution >= 0.6 is 0 Å². The lowest BCUT2D eigenvalue weighted by atomic mass is 10.1. The van der Waals surface area contributed by atoms with Crippen molar-refractivity contribution >= 4 is 5.91 Å². The smallest absolute Gasteiger partial charge is 0.269 e. The number of rotatable bonds is 5. The minimum absolute atomic E-state index is 0.164. The largest absolute Gasteiger partial charge is 0.350 e. The highest BCUT2D eigenvalue weighted by Crippen LogP contribution is 2.16. The van der Waals surface area contributed by atoms with Crippen molar-refractivity contribution in [2.45, 2.75) is 20.3 Å². The maximum Gasteiger partial charge on any atom is 0.269 e. The Morgan fingerprint density at radius 1 is 1.08 bits per heavy atom. The average Bonchev–Trinajstić information content (AvgIpc) is 2.91. The summed E-state index contributed by atoms with van der Waals surface area (Å²) >= 11 is 0. The Morgan fingerprint density at radius 2 is 1.83 bits per heavy atom. The molecule has 0 saturated carbocycles. The summed E-state index contributed by atoms with van der Waals surface area (Å²) in [5.41, 5.74) is 3.54. The van der Waals surface area contributed by atoms with Gasteiger partial charge in [-0.2, -0.15) is 5.10 Å². The summed E-state index contributed by atoms with van der Waals surface area (Å²) in [5.74, 6) is 0.630. The second kappa shape index (κ2) is 7.04. The number of carbonyl (C=O) groups is 1. The zero-order valence-corrected chi connectivity index (χ0v) is 13.7. The maximum absolute atomic E-state index is 12.0. The molecule has 6 heteroatoms. The molecule has 0 aromatic carbocycles. The molecule has 0 bridgehead atoms. The van der Waals surface area contributed by atoms with E-state index < -0.39 is 0 Å². The molecule has 0 fully saturated rings. The van der Waals surface area contributed by atoms with Crippen molar-refractivity contribution in [3.05, 3.63) is 71.4 Å². The molecular weight excluding hydrogens is 302 g/mol. The quantitative estimate of drug-likeness (QED) is 0.782. The summed E-state index contributed by atoms with van der Waals surface area (Å²) in [6.07, 6.45) is 4.07. The highest BCUT2D eigenvalue weighted by molar-refractivity contribution is 5.92. The van der Waals surface area contributed by atoms with Crippen LogP contribution in [0.25, 0.3) is 5.82 Å². The van der Waals surface area contributed by atoms with Gasteiger partial charge >= 0.3 is 0 Å². The molecule has 0 radical (unpaired) electrons. The van der Waals surface area contributed by atoms with Gasteiger partial charge in [0.25, 0.3) is 5.91 Å². The van der Waals surface area contributed by atoms with E-state index in [0.29, 0.717) is 18.7 Å². The van der Waals surface area contributed by atoms with Crippen LogP contribution in [0.4, 0.5) is 0 Å². The van der Waals surface area contributed by atoms with Crippen molar-refractivity contribution in [2.24, 2.45) is 0 Å². The van der Waals surface area contributed by atoms with E-state index in [9.17, 15) is 4.79 Å². The summed E-state index contributed by atoms with van der Waals surface area (Å²) in [6.45, 7) is 4.53. The maximum atomic E-state index is 12.0. The fourth-order valence-corrected chi connectivity index (χ4v) is 2.63. The zero-order valence-electron chi connectivity index (χ0n) is 13.7. The van der Waals surface area contributed by atoms with Crippen molar-refractivity contribution in [1.29, 1.82) is 0 Å². The lowest BCUT2D eigenvalue weighted by molar-refractivity contribution is 0.0949. The third-order valence-electron chi connectivity index (χ3n) is 3.87. The topological polar surface area (TPSA) is 72.7 Å². The van der Waals surface area contributed by atoms with E-state index in [-0.39, 0.29) is 5.91 Å². The number of amides is 1. The number of hydrogen-bond acceptors (Lipinski definition) is 4. The molecule has 0 spiro atoms. The van der Waals surface area contributed by atoms with Crippen LogP contribution in [0, 0.1) is 13.8 Å². The summed E-state index contributed by atoms with van der Waals surface area (Å²) in [6, 6.07) is 11.0. The molecule has 1 N–H and O–H groups in total. The van der Waals surface area contributed by atoms with Gasteiger partial charge in [0.05, 0.1) is 5.69 Å². The Morgan fingerprint density at radius 3 is 2.50 bits per heavy atom. The summed E-state index contributed by atoms with van der Waals surface area (Å²) in [4.78, 5) is 20.4. The Balaban J connectivity index is 1.68. The molecule has 0 unspecified atom stereocenters. The number of aryl methyl sites for hydroxylation is 1. The van der Waals surface area contributed by atoms with Crippen molar-refractivity contribution in [1.82, 2.24) is 25.1 Å².